The van der Waals surface area contributed by atoms with Crippen LogP contribution in [0.15, 0.2) is 23.1 Å². The lowest BCUT2D eigenvalue weighted by Gasteiger charge is -2.33. The molecule has 128 valence electrons. The summed E-state index contributed by atoms with van der Waals surface area (Å²) in [5.74, 6) is 0.215. The van der Waals surface area contributed by atoms with E-state index in [0.29, 0.717) is 32.7 Å². The van der Waals surface area contributed by atoms with Crippen LogP contribution in [0.25, 0.3) is 0 Å². The standard InChI is InChI=1S/C13H21BN2O6S/c1-22-13-3-2-11(10-12(13)14(18)19)23(20,21)16-6-4-15(5-7-16)8-9-17/h2-3,10,17-19H,4-9H2,1H3. The summed E-state index contributed by atoms with van der Waals surface area (Å²) in [5, 5.41) is 27.7. The molecule has 1 aliphatic rings. The average Bonchev–Trinajstić information content (AvgIpc) is 2.55. The predicted octanol–water partition coefficient (Wildman–Crippen LogP) is -2.33. The summed E-state index contributed by atoms with van der Waals surface area (Å²) in [6.07, 6.45) is 0. The quantitative estimate of drug-likeness (QED) is 0.497. The number of ether oxygens (including phenoxy) is 1. The van der Waals surface area contributed by atoms with Crippen molar-refractivity contribution in [2.24, 2.45) is 0 Å². The third kappa shape index (κ3) is 4.03. The lowest BCUT2D eigenvalue weighted by Crippen LogP contribution is -2.49. The summed E-state index contributed by atoms with van der Waals surface area (Å²) in [6, 6.07) is 4.02. The van der Waals surface area contributed by atoms with Crippen molar-refractivity contribution in [3.63, 3.8) is 0 Å². The predicted molar refractivity (Wildman–Crippen MR) is 85.1 cm³/mol. The number of hydrogen-bond donors (Lipinski definition) is 3. The van der Waals surface area contributed by atoms with Crippen molar-refractivity contribution in [1.29, 1.82) is 0 Å². The Morgan fingerprint density at radius 3 is 2.39 bits per heavy atom. The molecule has 1 aromatic carbocycles. The molecule has 2 rings (SSSR count). The van der Waals surface area contributed by atoms with E-state index >= 15 is 0 Å². The third-order valence-corrected chi connectivity index (χ3v) is 5.76. The molecule has 1 saturated heterocycles. The highest BCUT2D eigenvalue weighted by molar-refractivity contribution is 7.89. The molecule has 1 heterocycles. The maximum atomic E-state index is 12.7. The van der Waals surface area contributed by atoms with E-state index in [1.807, 2.05) is 4.90 Å². The Balaban J connectivity index is 2.22. The van der Waals surface area contributed by atoms with E-state index in [4.69, 9.17) is 9.84 Å². The minimum atomic E-state index is -3.72. The second-order valence-electron chi connectivity index (χ2n) is 5.25. The molecule has 0 saturated carbocycles. The van der Waals surface area contributed by atoms with Crippen molar-refractivity contribution in [2.75, 3.05) is 46.4 Å². The van der Waals surface area contributed by atoms with Crippen molar-refractivity contribution in [3.8, 4) is 5.75 Å². The molecule has 0 unspecified atom stereocenters. The van der Waals surface area contributed by atoms with Gasteiger partial charge in [-0.3, -0.25) is 4.90 Å². The molecule has 0 bridgehead atoms. The second-order valence-corrected chi connectivity index (χ2v) is 7.18. The first-order chi connectivity index (χ1) is 10.9. The Morgan fingerprint density at radius 1 is 1.22 bits per heavy atom. The molecule has 0 aliphatic carbocycles. The summed E-state index contributed by atoms with van der Waals surface area (Å²) in [7, 11) is -4.16. The van der Waals surface area contributed by atoms with Gasteiger partial charge in [-0.2, -0.15) is 4.31 Å². The van der Waals surface area contributed by atoms with E-state index in [2.05, 4.69) is 0 Å². The van der Waals surface area contributed by atoms with E-state index in [0.717, 1.165) is 0 Å². The van der Waals surface area contributed by atoms with Crippen molar-refractivity contribution >= 4 is 22.6 Å². The minimum absolute atomic E-state index is 0.00277. The van der Waals surface area contributed by atoms with Gasteiger partial charge in [0.15, 0.2) is 0 Å². The van der Waals surface area contributed by atoms with Crippen LogP contribution in [0.5, 0.6) is 5.75 Å². The SMILES string of the molecule is COc1ccc(S(=O)(=O)N2CCN(CCO)CC2)cc1B(O)O. The molecule has 10 heteroatoms. The van der Waals surface area contributed by atoms with E-state index in [9.17, 15) is 18.5 Å². The van der Waals surface area contributed by atoms with Crippen molar-refractivity contribution in [2.45, 2.75) is 4.90 Å². The molecule has 23 heavy (non-hydrogen) atoms. The van der Waals surface area contributed by atoms with Gasteiger partial charge in [0.1, 0.15) is 5.75 Å². The second kappa shape index (κ2) is 7.60. The normalized spacial score (nSPS) is 17.2. The number of β-amino-alcohol motifs (C(OH)–C–C–N with tert-alkyl or cyclic N) is 1. The maximum Gasteiger partial charge on any atom is 0.492 e. The fourth-order valence-electron chi connectivity index (χ4n) is 2.56. The van der Waals surface area contributed by atoms with Crippen LogP contribution in [-0.4, -0.2) is 86.3 Å². The Labute approximate surface area is 136 Å². The van der Waals surface area contributed by atoms with Gasteiger partial charge in [-0.25, -0.2) is 8.42 Å². The van der Waals surface area contributed by atoms with Crippen LogP contribution >= 0.6 is 0 Å². The molecule has 0 atom stereocenters. The molecule has 0 radical (unpaired) electrons. The van der Waals surface area contributed by atoms with E-state index < -0.39 is 17.1 Å². The number of benzene rings is 1. The van der Waals surface area contributed by atoms with Crippen LogP contribution in [0.4, 0.5) is 0 Å². The molecule has 0 amide bonds. The first-order valence-electron chi connectivity index (χ1n) is 7.27. The van der Waals surface area contributed by atoms with Gasteiger partial charge >= 0.3 is 7.12 Å². The van der Waals surface area contributed by atoms with Crippen LogP contribution in [0, 0.1) is 0 Å². The molecule has 8 nitrogen and oxygen atoms in total. The largest absolute Gasteiger partial charge is 0.497 e. The zero-order chi connectivity index (χ0) is 17.0. The summed E-state index contributed by atoms with van der Waals surface area (Å²) < 4.78 is 31.7. The molecule has 0 aromatic heterocycles. The highest BCUT2D eigenvalue weighted by atomic mass is 32.2. The first-order valence-corrected chi connectivity index (χ1v) is 8.71. The van der Waals surface area contributed by atoms with E-state index in [-0.39, 0.29) is 22.7 Å². The molecule has 3 N–H and O–H groups in total. The topological polar surface area (TPSA) is 111 Å². The van der Waals surface area contributed by atoms with E-state index in [1.54, 1.807) is 0 Å². The lowest BCUT2D eigenvalue weighted by atomic mass is 9.79. The van der Waals surface area contributed by atoms with Crippen molar-refractivity contribution < 1.29 is 28.3 Å². The zero-order valence-electron chi connectivity index (χ0n) is 12.9. The van der Waals surface area contributed by atoms with Gasteiger partial charge in [0.2, 0.25) is 10.0 Å². The highest BCUT2D eigenvalue weighted by Crippen LogP contribution is 2.19. The highest BCUT2D eigenvalue weighted by Gasteiger charge is 2.30. The van der Waals surface area contributed by atoms with Gasteiger partial charge in [-0.1, -0.05) is 0 Å². The minimum Gasteiger partial charge on any atom is -0.497 e. The van der Waals surface area contributed by atoms with Crippen LogP contribution in [-0.2, 0) is 10.0 Å². The number of aliphatic hydroxyl groups is 1. The van der Waals surface area contributed by atoms with Crippen LogP contribution in [0.3, 0.4) is 0 Å². The van der Waals surface area contributed by atoms with Crippen LogP contribution in [0.1, 0.15) is 0 Å². The molecular weight excluding hydrogens is 323 g/mol. The van der Waals surface area contributed by atoms with Gasteiger partial charge in [0, 0.05) is 38.2 Å². The number of piperazine rings is 1. The van der Waals surface area contributed by atoms with Gasteiger partial charge < -0.3 is 19.9 Å². The number of nitrogens with zero attached hydrogens (tertiary/aromatic N) is 2. The fourth-order valence-corrected chi connectivity index (χ4v) is 4.02. The third-order valence-electron chi connectivity index (χ3n) is 3.86. The van der Waals surface area contributed by atoms with Gasteiger partial charge in [-0.05, 0) is 18.2 Å². The Hall–Kier alpha value is -1.17. The van der Waals surface area contributed by atoms with Crippen LogP contribution in [0.2, 0.25) is 0 Å². The summed E-state index contributed by atoms with van der Waals surface area (Å²) in [6.45, 7) is 2.31. The summed E-state index contributed by atoms with van der Waals surface area (Å²) >= 11 is 0. The maximum absolute atomic E-state index is 12.7. The van der Waals surface area contributed by atoms with E-state index in [1.165, 1.54) is 29.6 Å². The smallest absolute Gasteiger partial charge is 0.492 e. The van der Waals surface area contributed by atoms with Gasteiger partial charge in [0.05, 0.1) is 18.6 Å². The number of rotatable bonds is 6. The van der Waals surface area contributed by atoms with Gasteiger partial charge in [-0.15, -0.1) is 0 Å². The molecule has 1 aromatic rings. The Morgan fingerprint density at radius 2 is 1.87 bits per heavy atom. The summed E-state index contributed by atoms with van der Waals surface area (Å²) in [5.41, 5.74) is 0.00694. The van der Waals surface area contributed by atoms with Crippen molar-refractivity contribution in [3.05, 3.63) is 18.2 Å². The van der Waals surface area contributed by atoms with Crippen LogP contribution < -0.4 is 10.2 Å². The fraction of sp³-hybridized carbons (Fsp3) is 0.538. The average molecular weight is 344 g/mol. The molecular formula is C13H21BN2O6S. The zero-order valence-corrected chi connectivity index (χ0v) is 13.7. The number of sulfonamides is 1. The molecule has 0 spiro atoms. The summed E-state index contributed by atoms with van der Waals surface area (Å²) in [4.78, 5) is 1.99. The Kier molecular flexibility index (Phi) is 6.01. The lowest BCUT2D eigenvalue weighted by molar-refractivity contribution is 0.151. The van der Waals surface area contributed by atoms with Gasteiger partial charge in [0.25, 0.3) is 0 Å². The number of hydrogen-bond acceptors (Lipinski definition) is 7. The number of aliphatic hydroxyl groups excluding tert-OH is 1. The molecule has 1 fully saturated rings. The first kappa shape index (κ1) is 18.2. The molecule has 1 aliphatic heterocycles. The Bertz CT molecular complexity index is 631. The monoisotopic (exact) mass is 344 g/mol. The number of methoxy groups -OCH3 is 1. The van der Waals surface area contributed by atoms with Crippen molar-refractivity contribution in [1.82, 2.24) is 9.21 Å².